The van der Waals surface area contributed by atoms with Gasteiger partial charge in [0.1, 0.15) is 6.07 Å². The third-order valence-electron chi connectivity index (χ3n) is 3.34. The molecule has 0 radical (unpaired) electrons. The second kappa shape index (κ2) is 6.88. The summed E-state index contributed by atoms with van der Waals surface area (Å²) in [6.07, 6.45) is 5.63. The lowest BCUT2D eigenvalue weighted by Gasteiger charge is -2.18. The molecule has 1 heterocycles. The lowest BCUT2D eigenvalue weighted by atomic mass is 10.0. The predicted molar refractivity (Wildman–Crippen MR) is 79.6 cm³/mol. The van der Waals surface area contributed by atoms with Gasteiger partial charge in [-0.1, -0.05) is 26.0 Å². The predicted octanol–water partition coefficient (Wildman–Crippen LogP) is 3.19. The lowest BCUT2D eigenvalue weighted by Crippen LogP contribution is -2.21. The Morgan fingerprint density at radius 1 is 1.40 bits per heavy atom. The van der Waals surface area contributed by atoms with E-state index >= 15 is 0 Å². The summed E-state index contributed by atoms with van der Waals surface area (Å²) >= 11 is 0. The van der Waals surface area contributed by atoms with E-state index in [1.54, 1.807) is 6.20 Å². The van der Waals surface area contributed by atoms with Crippen LogP contribution in [0.25, 0.3) is 5.69 Å². The molecule has 20 heavy (non-hydrogen) atoms. The molecule has 0 aliphatic heterocycles. The van der Waals surface area contributed by atoms with E-state index in [1.165, 1.54) is 5.56 Å². The van der Waals surface area contributed by atoms with Gasteiger partial charge in [-0.15, -0.1) is 0 Å². The quantitative estimate of drug-likeness (QED) is 0.875. The number of nitriles is 1. The Morgan fingerprint density at radius 3 is 2.95 bits per heavy atom. The maximum absolute atomic E-state index is 9.06. The Kier molecular flexibility index (Phi) is 4.91. The van der Waals surface area contributed by atoms with E-state index < -0.39 is 0 Å². The Bertz CT molecular complexity index is 595. The first-order chi connectivity index (χ1) is 9.80. The summed E-state index contributed by atoms with van der Waals surface area (Å²) in [5.41, 5.74) is 2.23. The highest BCUT2D eigenvalue weighted by Crippen LogP contribution is 2.20. The van der Waals surface area contributed by atoms with Gasteiger partial charge in [0.2, 0.25) is 5.82 Å². The van der Waals surface area contributed by atoms with Crippen LogP contribution in [-0.2, 0) is 0 Å². The third kappa shape index (κ3) is 3.06. The van der Waals surface area contributed by atoms with Crippen molar-refractivity contribution < 1.29 is 0 Å². The van der Waals surface area contributed by atoms with E-state index in [0.29, 0.717) is 11.9 Å². The van der Waals surface area contributed by atoms with Gasteiger partial charge in [-0.25, -0.2) is 4.98 Å². The number of nitrogens with one attached hydrogen (secondary N) is 1. The molecule has 4 nitrogen and oxygen atoms in total. The van der Waals surface area contributed by atoms with Crippen molar-refractivity contribution in [1.82, 2.24) is 14.9 Å². The summed E-state index contributed by atoms with van der Waals surface area (Å²) in [5, 5.41) is 12.6. The molecular formula is C16H20N4. The molecule has 1 aromatic heterocycles. The van der Waals surface area contributed by atoms with Crippen LogP contribution >= 0.6 is 0 Å². The van der Waals surface area contributed by atoms with Crippen LogP contribution in [0.4, 0.5) is 0 Å². The Morgan fingerprint density at radius 2 is 2.25 bits per heavy atom. The monoisotopic (exact) mass is 268 g/mol. The molecule has 104 valence electrons. The van der Waals surface area contributed by atoms with Crippen molar-refractivity contribution in [2.45, 2.75) is 32.7 Å². The number of benzene rings is 1. The van der Waals surface area contributed by atoms with Crippen molar-refractivity contribution in [1.29, 1.82) is 5.26 Å². The molecule has 0 aliphatic carbocycles. The highest BCUT2D eigenvalue weighted by atomic mass is 15.1. The molecule has 1 aromatic carbocycles. The van der Waals surface area contributed by atoms with Crippen LogP contribution in [0.3, 0.4) is 0 Å². The first-order valence-corrected chi connectivity index (χ1v) is 7.07. The summed E-state index contributed by atoms with van der Waals surface area (Å²) in [5.74, 6) is 0.414. The molecule has 1 unspecified atom stereocenters. The molecule has 0 bridgehead atoms. The minimum atomic E-state index is 0.351. The minimum absolute atomic E-state index is 0.351. The number of imidazole rings is 1. The molecular weight excluding hydrogens is 248 g/mol. The summed E-state index contributed by atoms with van der Waals surface area (Å²) in [6.45, 7) is 5.36. The van der Waals surface area contributed by atoms with Crippen LogP contribution in [0.1, 0.15) is 44.1 Å². The second-order valence-electron chi connectivity index (χ2n) is 4.74. The van der Waals surface area contributed by atoms with Crippen LogP contribution in [0.2, 0.25) is 0 Å². The van der Waals surface area contributed by atoms with Gasteiger partial charge >= 0.3 is 0 Å². The highest BCUT2D eigenvalue weighted by molar-refractivity contribution is 5.40. The molecule has 4 heteroatoms. The first-order valence-electron chi connectivity index (χ1n) is 7.07. The van der Waals surface area contributed by atoms with Crippen molar-refractivity contribution in [2.75, 3.05) is 6.54 Å². The molecule has 2 rings (SSSR count). The summed E-state index contributed by atoms with van der Waals surface area (Å²) in [7, 11) is 0. The lowest BCUT2D eigenvalue weighted by molar-refractivity contribution is 0.518. The highest BCUT2D eigenvalue weighted by Gasteiger charge is 2.10. The van der Waals surface area contributed by atoms with E-state index in [4.69, 9.17) is 5.26 Å². The van der Waals surface area contributed by atoms with Crippen molar-refractivity contribution in [2.24, 2.45) is 0 Å². The molecule has 0 saturated heterocycles. The molecule has 1 atom stereocenters. The third-order valence-corrected chi connectivity index (χ3v) is 3.34. The van der Waals surface area contributed by atoms with Crippen molar-refractivity contribution in [3.8, 4) is 11.8 Å². The zero-order valence-corrected chi connectivity index (χ0v) is 12.0. The van der Waals surface area contributed by atoms with Crippen LogP contribution in [0.5, 0.6) is 0 Å². The Hall–Kier alpha value is -2.12. The smallest absolute Gasteiger partial charge is 0.217 e. The van der Waals surface area contributed by atoms with Crippen molar-refractivity contribution in [3.63, 3.8) is 0 Å². The molecule has 2 aromatic rings. The van der Waals surface area contributed by atoms with Crippen LogP contribution in [0, 0.1) is 11.3 Å². The zero-order valence-electron chi connectivity index (χ0n) is 12.0. The van der Waals surface area contributed by atoms with E-state index in [-0.39, 0.29) is 0 Å². The molecule has 0 aliphatic rings. The molecule has 0 amide bonds. The standard InChI is InChI=1S/C16H20N4/c1-3-8-18-15(4-2)13-6-5-7-14(11-13)20-10-9-19-16(20)12-17/h5-7,9-11,15,18H,3-4,8H2,1-2H3. The maximum Gasteiger partial charge on any atom is 0.217 e. The fourth-order valence-electron chi connectivity index (χ4n) is 2.30. The maximum atomic E-state index is 9.06. The van der Waals surface area contributed by atoms with E-state index in [2.05, 4.69) is 42.4 Å². The Balaban J connectivity index is 2.30. The fraction of sp³-hybridized carbons (Fsp3) is 0.375. The van der Waals surface area contributed by atoms with Crippen molar-refractivity contribution in [3.05, 3.63) is 48.0 Å². The van der Waals surface area contributed by atoms with Crippen LogP contribution < -0.4 is 5.32 Å². The normalized spacial score (nSPS) is 12.1. The van der Waals surface area contributed by atoms with Crippen molar-refractivity contribution >= 4 is 0 Å². The molecule has 0 spiro atoms. The van der Waals surface area contributed by atoms with Gasteiger partial charge in [-0.05, 0) is 37.1 Å². The number of rotatable bonds is 6. The SMILES string of the molecule is CCCNC(CC)c1cccc(-n2ccnc2C#N)c1. The average molecular weight is 268 g/mol. The van der Waals surface area contributed by atoms with Gasteiger partial charge in [0.05, 0.1) is 0 Å². The largest absolute Gasteiger partial charge is 0.310 e. The number of hydrogen-bond acceptors (Lipinski definition) is 3. The number of nitrogens with zero attached hydrogens (tertiary/aromatic N) is 3. The topological polar surface area (TPSA) is 53.6 Å². The minimum Gasteiger partial charge on any atom is -0.310 e. The Labute approximate surface area is 120 Å². The van der Waals surface area contributed by atoms with E-state index in [9.17, 15) is 0 Å². The van der Waals surface area contributed by atoms with Gasteiger partial charge < -0.3 is 5.32 Å². The molecule has 0 saturated carbocycles. The molecule has 1 N–H and O–H groups in total. The van der Waals surface area contributed by atoms with Gasteiger partial charge in [0.15, 0.2) is 0 Å². The molecule has 0 fully saturated rings. The van der Waals surface area contributed by atoms with Gasteiger partial charge in [-0.2, -0.15) is 5.26 Å². The van der Waals surface area contributed by atoms with Gasteiger partial charge in [-0.3, -0.25) is 4.57 Å². The van der Waals surface area contributed by atoms with E-state index in [0.717, 1.165) is 25.1 Å². The van der Waals surface area contributed by atoms with Crippen LogP contribution in [0.15, 0.2) is 36.7 Å². The zero-order chi connectivity index (χ0) is 14.4. The average Bonchev–Trinajstić information content (AvgIpc) is 2.97. The summed E-state index contributed by atoms with van der Waals surface area (Å²) in [6, 6.07) is 10.7. The number of aromatic nitrogens is 2. The first kappa shape index (κ1) is 14.3. The van der Waals surface area contributed by atoms with E-state index in [1.807, 2.05) is 22.9 Å². The van der Waals surface area contributed by atoms with Crippen LogP contribution in [-0.4, -0.2) is 16.1 Å². The second-order valence-corrected chi connectivity index (χ2v) is 4.74. The van der Waals surface area contributed by atoms with Gasteiger partial charge in [0.25, 0.3) is 0 Å². The summed E-state index contributed by atoms with van der Waals surface area (Å²) in [4.78, 5) is 4.04. The van der Waals surface area contributed by atoms with Gasteiger partial charge in [0, 0.05) is 24.1 Å². The summed E-state index contributed by atoms with van der Waals surface area (Å²) < 4.78 is 1.82. The fourth-order valence-corrected chi connectivity index (χ4v) is 2.30. The number of hydrogen-bond donors (Lipinski definition) is 1.